The molecule has 34 heavy (non-hydrogen) atoms. The van der Waals surface area contributed by atoms with Gasteiger partial charge in [-0.3, -0.25) is 14.2 Å². The van der Waals surface area contributed by atoms with Crippen LogP contribution in [0.5, 0.6) is 5.75 Å². The molecule has 0 aliphatic carbocycles. The number of para-hydroxylation sites is 3. The van der Waals surface area contributed by atoms with Gasteiger partial charge >= 0.3 is 0 Å². The Morgan fingerprint density at radius 2 is 1.71 bits per heavy atom. The quantitative estimate of drug-likeness (QED) is 0.379. The number of carbonyl (C=O) groups excluding carboxylic acids is 1. The van der Waals surface area contributed by atoms with E-state index < -0.39 is 6.04 Å². The van der Waals surface area contributed by atoms with Crippen LogP contribution < -0.4 is 10.3 Å². The van der Waals surface area contributed by atoms with E-state index in [0.29, 0.717) is 40.3 Å². The van der Waals surface area contributed by atoms with Crippen molar-refractivity contribution in [3.8, 4) is 11.4 Å². The van der Waals surface area contributed by atoms with Gasteiger partial charge in [-0.2, -0.15) is 0 Å². The van der Waals surface area contributed by atoms with Gasteiger partial charge in [0.25, 0.3) is 11.5 Å². The van der Waals surface area contributed by atoms with E-state index in [0.717, 1.165) is 12.0 Å². The van der Waals surface area contributed by atoms with Crippen LogP contribution in [0.3, 0.4) is 0 Å². The Hall–Kier alpha value is -3.93. The van der Waals surface area contributed by atoms with Crippen LogP contribution in [-0.2, 0) is 0 Å². The van der Waals surface area contributed by atoms with Crippen molar-refractivity contribution in [2.75, 3.05) is 13.7 Å². The maximum atomic E-state index is 13.8. The summed E-state index contributed by atoms with van der Waals surface area (Å²) in [5, 5.41) is 0.511. The largest absolute Gasteiger partial charge is 0.495 e. The van der Waals surface area contributed by atoms with Gasteiger partial charge in [0.2, 0.25) is 0 Å². The topological polar surface area (TPSA) is 64.4 Å². The summed E-state index contributed by atoms with van der Waals surface area (Å²) in [5.41, 5.74) is 2.55. The Balaban J connectivity index is 1.95. The van der Waals surface area contributed by atoms with Crippen LogP contribution in [0, 0.1) is 6.92 Å². The number of ether oxygens (including phenoxy) is 1. The van der Waals surface area contributed by atoms with E-state index in [1.165, 1.54) is 0 Å². The molecule has 1 amide bonds. The number of methoxy groups -OCH3 is 1. The summed E-state index contributed by atoms with van der Waals surface area (Å²) >= 11 is 0. The minimum Gasteiger partial charge on any atom is -0.495 e. The highest BCUT2D eigenvalue weighted by Gasteiger charge is 2.28. The average molecular weight is 456 g/mol. The summed E-state index contributed by atoms with van der Waals surface area (Å²) in [6.45, 7) is 6.42. The number of rotatable bonds is 7. The lowest BCUT2D eigenvalue weighted by molar-refractivity contribution is 0.0680. The van der Waals surface area contributed by atoms with Gasteiger partial charge in [-0.25, -0.2) is 4.98 Å². The number of aryl methyl sites for hydroxylation is 1. The molecule has 1 aromatic heterocycles. The van der Waals surface area contributed by atoms with E-state index in [9.17, 15) is 9.59 Å². The van der Waals surface area contributed by atoms with E-state index in [-0.39, 0.29) is 11.5 Å². The molecule has 6 heteroatoms. The van der Waals surface area contributed by atoms with Gasteiger partial charge < -0.3 is 9.64 Å². The third-order valence-electron chi connectivity index (χ3n) is 6.07. The number of nitrogens with zero attached hydrogens (tertiary/aromatic N) is 3. The smallest absolute Gasteiger partial charge is 0.266 e. The Bertz CT molecular complexity index is 1390. The Morgan fingerprint density at radius 3 is 2.44 bits per heavy atom. The molecule has 174 valence electrons. The standard InChI is InChI=1S/C28H29N3O3/c1-5-18-30(27(32)21-13-7-6-12-19(21)2)20(3)26-29-23-15-9-8-14-22(23)28(33)31(26)24-16-10-11-17-25(24)34-4/h6-17,20H,5,18H2,1-4H3. The predicted octanol–water partition coefficient (Wildman–Crippen LogP) is 5.32. The molecule has 1 atom stereocenters. The van der Waals surface area contributed by atoms with Gasteiger partial charge in [-0.15, -0.1) is 0 Å². The monoisotopic (exact) mass is 455 g/mol. The summed E-state index contributed by atoms with van der Waals surface area (Å²) in [6.07, 6.45) is 0.772. The first-order valence-electron chi connectivity index (χ1n) is 11.5. The minimum atomic E-state index is -0.464. The fourth-order valence-corrected chi connectivity index (χ4v) is 4.30. The third-order valence-corrected chi connectivity index (χ3v) is 6.07. The number of amides is 1. The molecule has 0 fully saturated rings. The highest BCUT2D eigenvalue weighted by Crippen LogP contribution is 2.28. The summed E-state index contributed by atoms with van der Waals surface area (Å²) < 4.78 is 7.16. The zero-order chi connectivity index (χ0) is 24.2. The van der Waals surface area contributed by atoms with E-state index >= 15 is 0 Å². The average Bonchev–Trinajstić information content (AvgIpc) is 2.87. The number of carbonyl (C=O) groups is 1. The van der Waals surface area contributed by atoms with Gasteiger partial charge in [0.1, 0.15) is 11.6 Å². The number of aromatic nitrogens is 2. The zero-order valence-corrected chi connectivity index (χ0v) is 20.0. The molecule has 0 radical (unpaired) electrons. The second-order valence-corrected chi connectivity index (χ2v) is 8.29. The van der Waals surface area contributed by atoms with E-state index in [4.69, 9.17) is 9.72 Å². The van der Waals surface area contributed by atoms with Gasteiger partial charge in [-0.05, 0) is 56.2 Å². The molecular formula is C28H29N3O3. The van der Waals surface area contributed by atoms with Crippen LogP contribution in [0.25, 0.3) is 16.6 Å². The van der Waals surface area contributed by atoms with Crippen molar-refractivity contribution in [2.45, 2.75) is 33.2 Å². The van der Waals surface area contributed by atoms with Crippen molar-refractivity contribution in [3.63, 3.8) is 0 Å². The fraction of sp³-hybridized carbons (Fsp3) is 0.250. The Morgan fingerprint density at radius 1 is 1.03 bits per heavy atom. The summed E-state index contributed by atoms with van der Waals surface area (Å²) in [5.74, 6) is 0.965. The predicted molar refractivity (Wildman–Crippen MR) is 135 cm³/mol. The van der Waals surface area contributed by atoms with Crippen molar-refractivity contribution < 1.29 is 9.53 Å². The second kappa shape index (κ2) is 9.91. The normalized spacial score (nSPS) is 11.9. The maximum Gasteiger partial charge on any atom is 0.266 e. The zero-order valence-electron chi connectivity index (χ0n) is 20.0. The van der Waals surface area contributed by atoms with Gasteiger partial charge in [0, 0.05) is 12.1 Å². The Kier molecular flexibility index (Phi) is 6.77. The molecule has 1 unspecified atom stereocenters. The third kappa shape index (κ3) is 4.19. The number of hydrogen-bond donors (Lipinski definition) is 0. The minimum absolute atomic E-state index is 0.0820. The number of benzene rings is 3. The van der Waals surface area contributed by atoms with E-state index in [2.05, 4.69) is 0 Å². The molecule has 0 aliphatic rings. The molecule has 4 rings (SSSR count). The lowest BCUT2D eigenvalue weighted by Gasteiger charge is -2.31. The molecule has 6 nitrogen and oxygen atoms in total. The molecule has 0 saturated carbocycles. The summed E-state index contributed by atoms with van der Waals surface area (Å²) in [6, 6.07) is 21.7. The first kappa shape index (κ1) is 23.2. The first-order valence-corrected chi connectivity index (χ1v) is 11.5. The van der Waals surface area contributed by atoms with Crippen molar-refractivity contribution in [2.24, 2.45) is 0 Å². The molecule has 0 bridgehead atoms. The molecule has 1 heterocycles. The number of fused-ring (bicyclic) bond motifs is 1. The van der Waals surface area contributed by atoms with Crippen LogP contribution in [0.1, 0.15) is 48.1 Å². The van der Waals surface area contributed by atoms with Crippen LogP contribution in [0.2, 0.25) is 0 Å². The van der Waals surface area contributed by atoms with Crippen LogP contribution in [0.4, 0.5) is 0 Å². The lowest BCUT2D eigenvalue weighted by Crippen LogP contribution is -2.38. The SMILES string of the molecule is CCCN(C(=O)c1ccccc1C)C(C)c1nc2ccccc2c(=O)n1-c1ccccc1OC. The van der Waals surface area contributed by atoms with Crippen molar-refractivity contribution in [1.82, 2.24) is 14.5 Å². The lowest BCUT2D eigenvalue weighted by atomic mass is 10.1. The maximum absolute atomic E-state index is 13.8. The molecule has 0 saturated heterocycles. The molecule has 0 spiro atoms. The van der Waals surface area contributed by atoms with Crippen molar-refractivity contribution in [3.05, 3.63) is 100 Å². The second-order valence-electron chi connectivity index (χ2n) is 8.29. The summed E-state index contributed by atoms with van der Waals surface area (Å²) in [7, 11) is 1.58. The van der Waals surface area contributed by atoms with Crippen LogP contribution in [-0.4, -0.2) is 34.0 Å². The molecule has 0 aliphatic heterocycles. The highest BCUT2D eigenvalue weighted by atomic mass is 16.5. The van der Waals surface area contributed by atoms with Crippen molar-refractivity contribution in [1.29, 1.82) is 0 Å². The number of hydrogen-bond acceptors (Lipinski definition) is 4. The molecule has 3 aromatic carbocycles. The Labute approximate surface area is 199 Å². The van der Waals surface area contributed by atoms with Crippen LogP contribution in [0.15, 0.2) is 77.6 Å². The van der Waals surface area contributed by atoms with Gasteiger partial charge in [0.15, 0.2) is 0 Å². The molecule has 4 aromatic rings. The molecule has 0 N–H and O–H groups in total. The molecular weight excluding hydrogens is 426 g/mol. The van der Waals surface area contributed by atoms with Gasteiger partial charge in [0.05, 0.1) is 29.7 Å². The van der Waals surface area contributed by atoms with Crippen molar-refractivity contribution >= 4 is 16.8 Å². The van der Waals surface area contributed by atoms with E-state index in [1.54, 1.807) is 22.6 Å². The van der Waals surface area contributed by atoms with Crippen LogP contribution >= 0.6 is 0 Å². The first-order chi connectivity index (χ1) is 16.5. The fourth-order valence-electron chi connectivity index (χ4n) is 4.30. The van der Waals surface area contributed by atoms with E-state index in [1.807, 2.05) is 87.5 Å². The summed E-state index contributed by atoms with van der Waals surface area (Å²) in [4.78, 5) is 34.1. The highest BCUT2D eigenvalue weighted by molar-refractivity contribution is 5.96. The van der Waals surface area contributed by atoms with Gasteiger partial charge in [-0.1, -0.05) is 49.4 Å².